The van der Waals surface area contributed by atoms with Crippen LogP contribution in [0.5, 0.6) is 0 Å². The van der Waals surface area contributed by atoms with Gasteiger partial charge in [-0.25, -0.2) is 0 Å². The van der Waals surface area contributed by atoms with Gasteiger partial charge in [0.2, 0.25) is 11.8 Å². The fourth-order valence-electron chi connectivity index (χ4n) is 1.58. The summed E-state index contributed by atoms with van der Waals surface area (Å²) in [6.07, 6.45) is 0.304. The van der Waals surface area contributed by atoms with Gasteiger partial charge in [-0.2, -0.15) is 0 Å². The third kappa shape index (κ3) is 12.0. The molecular formula is C16H28N2O6S2. The molecule has 10 heteroatoms. The lowest BCUT2D eigenvalue weighted by Gasteiger charge is -2.13. The van der Waals surface area contributed by atoms with Gasteiger partial charge in [-0.05, 0) is 0 Å². The van der Waals surface area contributed by atoms with Crippen molar-refractivity contribution in [2.45, 2.75) is 26.7 Å². The van der Waals surface area contributed by atoms with E-state index in [1.165, 1.54) is 35.8 Å². The van der Waals surface area contributed by atoms with Crippen LogP contribution in [0.3, 0.4) is 0 Å². The average molecular weight is 409 g/mol. The van der Waals surface area contributed by atoms with Crippen LogP contribution in [0.4, 0.5) is 0 Å². The number of amides is 2. The van der Waals surface area contributed by atoms with E-state index in [2.05, 4.69) is 20.1 Å². The normalized spacial score (nSPS) is 12.6. The zero-order chi connectivity index (χ0) is 19.9. The number of hydrogen-bond donors (Lipinski definition) is 2. The van der Waals surface area contributed by atoms with Crippen molar-refractivity contribution in [1.82, 2.24) is 10.6 Å². The minimum absolute atomic E-state index is 0.115. The summed E-state index contributed by atoms with van der Waals surface area (Å²) < 4.78 is 9.00. The molecule has 0 bridgehead atoms. The molecule has 2 N–H and O–H groups in total. The van der Waals surface area contributed by atoms with Gasteiger partial charge in [0.05, 0.1) is 27.1 Å². The molecule has 0 aliphatic carbocycles. The monoisotopic (exact) mass is 408 g/mol. The molecule has 0 aromatic rings. The molecule has 2 atom stereocenters. The highest BCUT2D eigenvalue weighted by atomic mass is 33.1. The van der Waals surface area contributed by atoms with Gasteiger partial charge in [-0.3, -0.25) is 19.2 Å². The Morgan fingerprint density at radius 3 is 1.42 bits per heavy atom. The number of hydrogen-bond acceptors (Lipinski definition) is 8. The molecule has 2 amide bonds. The first-order chi connectivity index (χ1) is 12.3. The standard InChI is InChI=1S/C16H28N2O6S2/c1-11(15(21)17-7-5-13(19)23-3)9-25-26-10-12(2)16(22)18-8-6-14(20)24-4/h11-12H,5-10H2,1-4H3,(H,17,21)(H,18,22). The first kappa shape index (κ1) is 24.6. The van der Waals surface area contributed by atoms with Crippen LogP contribution in [0.2, 0.25) is 0 Å². The summed E-state index contributed by atoms with van der Waals surface area (Å²) >= 11 is 0. The maximum atomic E-state index is 11.9. The van der Waals surface area contributed by atoms with E-state index in [9.17, 15) is 19.2 Å². The van der Waals surface area contributed by atoms with Crippen molar-refractivity contribution in [3.63, 3.8) is 0 Å². The molecular weight excluding hydrogens is 380 g/mol. The molecule has 0 aromatic carbocycles. The van der Waals surface area contributed by atoms with Gasteiger partial charge in [-0.15, -0.1) is 0 Å². The van der Waals surface area contributed by atoms with Crippen molar-refractivity contribution in [3.05, 3.63) is 0 Å². The minimum Gasteiger partial charge on any atom is -0.469 e. The Hall–Kier alpha value is -1.42. The lowest BCUT2D eigenvalue weighted by atomic mass is 10.2. The van der Waals surface area contributed by atoms with E-state index in [0.717, 1.165) is 0 Å². The molecule has 26 heavy (non-hydrogen) atoms. The van der Waals surface area contributed by atoms with Gasteiger partial charge in [-0.1, -0.05) is 35.4 Å². The van der Waals surface area contributed by atoms with Crippen molar-refractivity contribution in [3.8, 4) is 0 Å². The van der Waals surface area contributed by atoms with E-state index >= 15 is 0 Å². The van der Waals surface area contributed by atoms with Crippen molar-refractivity contribution in [2.24, 2.45) is 11.8 Å². The first-order valence-corrected chi connectivity index (χ1v) is 10.7. The predicted molar refractivity (Wildman–Crippen MR) is 103 cm³/mol. The fraction of sp³-hybridized carbons (Fsp3) is 0.750. The number of methoxy groups -OCH3 is 2. The highest BCUT2D eigenvalue weighted by Crippen LogP contribution is 2.26. The van der Waals surface area contributed by atoms with Gasteiger partial charge in [0.15, 0.2) is 0 Å². The Labute approximate surface area is 162 Å². The smallest absolute Gasteiger partial charge is 0.307 e. The molecule has 0 fully saturated rings. The largest absolute Gasteiger partial charge is 0.469 e. The van der Waals surface area contributed by atoms with Gasteiger partial charge in [0.1, 0.15) is 0 Å². The number of esters is 2. The zero-order valence-corrected chi connectivity index (χ0v) is 17.3. The van der Waals surface area contributed by atoms with Gasteiger partial charge < -0.3 is 20.1 Å². The number of rotatable bonds is 13. The minimum atomic E-state index is -0.360. The molecule has 0 spiro atoms. The average Bonchev–Trinajstić information content (AvgIpc) is 2.63. The summed E-state index contributed by atoms with van der Waals surface area (Å²) in [5.74, 6) is -0.144. The van der Waals surface area contributed by atoms with Crippen LogP contribution in [-0.4, -0.2) is 62.6 Å². The second kappa shape index (κ2) is 14.7. The van der Waals surface area contributed by atoms with Crippen molar-refractivity contribution < 1.29 is 28.7 Å². The van der Waals surface area contributed by atoms with Crippen LogP contribution in [-0.2, 0) is 28.7 Å². The zero-order valence-electron chi connectivity index (χ0n) is 15.7. The van der Waals surface area contributed by atoms with Gasteiger partial charge in [0, 0.05) is 36.4 Å². The Balaban J connectivity index is 3.81. The maximum absolute atomic E-state index is 11.9. The fourth-order valence-corrected chi connectivity index (χ4v) is 4.29. The van der Waals surface area contributed by atoms with Crippen LogP contribution in [0.15, 0.2) is 0 Å². The second-order valence-electron chi connectivity index (χ2n) is 5.61. The Morgan fingerprint density at radius 1 is 0.769 bits per heavy atom. The molecule has 8 nitrogen and oxygen atoms in total. The van der Waals surface area contributed by atoms with E-state index in [-0.39, 0.29) is 61.5 Å². The lowest BCUT2D eigenvalue weighted by molar-refractivity contribution is -0.141. The van der Waals surface area contributed by atoms with E-state index in [4.69, 9.17) is 0 Å². The summed E-state index contributed by atoms with van der Waals surface area (Å²) in [4.78, 5) is 45.7. The van der Waals surface area contributed by atoms with E-state index in [0.29, 0.717) is 11.5 Å². The lowest BCUT2D eigenvalue weighted by Crippen LogP contribution is -2.32. The van der Waals surface area contributed by atoms with E-state index in [1.54, 1.807) is 0 Å². The topological polar surface area (TPSA) is 111 Å². The first-order valence-electron chi connectivity index (χ1n) is 8.25. The molecule has 0 saturated carbocycles. The molecule has 0 radical (unpaired) electrons. The van der Waals surface area contributed by atoms with Crippen LogP contribution < -0.4 is 10.6 Å². The highest BCUT2D eigenvalue weighted by molar-refractivity contribution is 8.76. The van der Waals surface area contributed by atoms with Gasteiger partial charge >= 0.3 is 11.9 Å². The molecule has 0 aliphatic heterocycles. The number of ether oxygens (including phenoxy) is 2. The molecule has 0 heterocycles. The summed E-state index contributed by atoms with van der Waals surface area (Å²) in [7, 11) is 5.66. The molecule has 2 unspecified atom stereocenters. The summed E-state index contributed by atoms with van der Waals surface area (Å²) in [5.41, 5.74) is 0. The van der Waals surface area contributed by atoms with Crippen LogP contribution in [0.25, 0.3) is 0 Å². The summed E-state index contributed by atoms with van der Waals surface area (Å²) in [6.45, 7) is 4.14. The quantitative estimate of drug-likeness (QED) is 0.264. The molecule has 0 rings (SSSR count). The SMILES string of the molecule is COC(=O)CCNC(=O)C(C)CSSCC(C)C(=O)NCCC(=O)OC. The summed E-state index contributed by atoms with van der Waals surface area (Å²) in [5, 5.41) is 5.38. The Kier molecular flexibility index (Phi) is 13.9. The third-order valence-electron chi connectivity index (χ3n) is 3.33. The van der Waals surface area contributed by atoms with Crippen molar-refractivity contribution in [1.29, 1.82) is 0 Å². The Bertz CT molecular complexity index is 434. The van der Waals surface area contributed by atoms with E-state index < -0.39 is 0 Å². The second-order valence-corrected chi connectivity index (χ2v) is 8.16. The third-order valence-corrected chi connectivity index (χ3v) is 6.08. The highest BCUT2D eigenvalue weighted by Gasteiger charge is 2.16. The predicted octanol–water partition coefficient (Wildman–Crippen LogP) is 0.999. The molecule has 0 aliphatic rings. The van der Waals surface area contributed by atoms with Crippen LogP contribution in [0, 0.1) is 11.8 Å². The van der Waals surface area contributed by atoms with Crippen LogP contribution >= 0.6 is 21.6 Å². The number of carbonyl (C=O) groups excluding carboxylic acids is 4. The maximum Gasteiger partial charge on any atom is 0.307 e. The summed E-state index contributed by atoms with van der Waals surface area (Å²) in [6, 6.07) is 0. The number of nitrogens with one attached hydrogen (secondary N) is 2. The van der Waals surface area contributed by atoms with Crippen LogP contribution in [0.1, 0.15) is 26.7 Å². The molecule has 0 aromatic heterocycles. The van der Waals surface area contributed by atoms with E-state index in [1.807, 2.05) is 13.8 Å². The van der Waals surface area contributed by atoms with Crippen molar-refractivity contribution in [2.75, 3.05) is 38.8 Å². The van der Waals surface area contributed by atoms with Crippen molar-refractivity contribution >= 4 is 45.3 Å². The number of carbonyl (C=O) groups is 4. The molecule has 0 saturated heterocycles. The van der Waals surface area contributed by atoms with Gasteiger partial charge in [0.25, 0.3) is 0 Å². The Morgan fingerprint density at radius 2 is 1.12 bits per heavy atom. The molecule has 150 valence electrons.